The Morgan fingerprint density at radius 3 is 2.85 bits per heavy atom. The Kier molecular flexibility index (Phi) is 2.24. The molecule has 1 aromatic carbocycles. The first-order valence-corrected chi connectivity index (χ1v) is 7.01. The fourth-order valence-corrected chi connectivity index (χ4v) is 4.26. The number of ether oxygens (including phenoxy) is 2. The van der Waals surface area contributed by atoms with E-state index in [-0.39, 0.29) is 29.7 Å². The van der Waals surface area contributed by atoms with Crippen molar-refractivity contribution in [2.75, 3.05) is 7.11 Å². The van der Waals surface area contributed by atoms with E-state index in [9.17, 15) is 9.59 Å². The van der Waals surface area contributed by atoms with Gasteiger partial charge in [-0.2, -0.15) is 0 Å². The summed E-state index contributed by atoms with van der Waals surface area (Å²) in [6, 6.07) is 5.25. The van der Waals surface area contributed by atoms with Crippen LogP contribution in [0.5, 0.6) is 5.75 Å². The van der Waals surface area contributed by atoms with Crippen LogP contribution in [0.2, 0.25) is 0 Å². The maximum atomic E-state index is 13.0. The van der Waals surface area contributed by atoms with Gasteiger partial charge < -0.3 is 9.47 Å². The molecule has 1 heterocycles. The molecule has 1 aliphatic heterocycles. The van der Waals surface area contributed by atoms with Crippen LogP contribution >= 0.6 is 0 Å². The molecule has 3 aliphatic rings. The smallest absolute Gasteiger partial charge is 0.173 e. The average Bonchev–Trinajstić information content (AvgIpc) is 2.68. The van der Waals surface area contributed by atoms with Crippen LogP contribution in [0.3, 0.4) is 0 Å². The third kappa shape index (κ3) is 1.17. The third-order valence-electron chi connectivity index (χ3n) is 5.14. The van der Waals surface area contributed by atoms with Crippen LogP contribution in [-0.4, -0.2) is 30.9 Å². The second-order valence-electron chi connectivity index (χ2n) is 6.04. The molecule has 4 atom stereocenters. The summed E-state index contributed by atoms with van der Waals surface area (Å²) in [6.07, 6.45) is 1.28. The minimum atomic E-state index is -0.601. The van der Waals surface area contributed by atoms with E-state index in [0.29, 0.717) is 29.7 Å². The number of methoxy groups -OCH3 is 1. The van der Waals surface area contributed by atoms with Gasteiger partial charge in [-0.3, -0.25) is 9.59 Å². The zero-order chi connectivity index (χ0) is 14.1. The Labute approximate surface area is 117 Å². The molecule has 1 aromatic rings. The first kappa shape index (κ1) is 12.1. The molecule has 0 aromatic heterocycles. The van der Waals surface area contributed by atoms with E-state index in [4.69, 9.17) is 9.47 Å². The molecule has 0 amide bonds. The summed E-state index contributed by atoms with van der Waals surface area (Å²) in [7, 11) is 1.53. The number of hydrogen-bond donors (Lipinski definition) is 0. The molecule has 1 saturated heterocycles. The van der Waals surface area contributed by atoms with Gasteiger partial charge >= 0.3 is 0 Å². The number of carbonyl (C=O) groups excluding carboxylic acids is 2. The number of ketones is 2. The monoisotopic (exact) mass is 272 g/mol. The van der Waals surface area contributed by atoms with E-state index in [1.807, 2.05) is 6.92 Å². The van der Waals surface area contributed by atoms with Gasteiger partial charge in [0, 0.05) is 11.5 Å². The molecular weight excluding hydrogens is 256 g/mol. The van der Waals surface area contributed by atoms with Crippen LogP contribution in [0.4, 0.5) is 0 Å². The van der Waals surface area contributed by atoms with Crippen molar-refractivity contribution in [2.24, 2.45) is 11.3 Å². The van der Waals surface area contributed by atoms with Crippen molar-refractivity contribution in [3.05, 3.63) is 29.3 Å². The van der Waals surface area contributed by atoms with Crippen molar-refractivity contribution < 1.29 is 19.1 Å². The molecule has 0 radical (unpaired) electrons. The summed E-state index contributed by atoms with van der Waals surface area (Å²) in [6.45, 7) is 1.98. The Morgan fingerprint density at radius 1 is 1.35 bits per heavy atom. The van der Waals surface area contributed by atoms with E-state index < -0.39 is 5.41 Å². The lowest BCUT2D eigenvalue weighted by Crippen LogP contribution is -2.61. The molecule has 4 rings (SSSR count). The summed E-state index contributed by atoms with van der Waals surface area (Å²) in [4.78, 5) is 25.7. The van der Waals surface area contributed by atoms with E-state index in [1.54, 1.807) is 18.2 Å². The predicted octanol–water partition coefficient (Wildman–Crippen LogP) is 2.26. The van der Waals surface area contributed by atoms with E-state index in [2.05, 4.69) is 0 Å². The van der Waals surface area contributed by atoms with Gasteiger partial charge in [0.2, 0.25) is 0 Å². The standard InChI is InChI=1S/C16H16O4/c1-8-7-16-10(6-12(16)20-8)14(17)13-9(15(16)18)4-3-5-11(13)19-2/h3-5,8,10,12H,6-7H2,1-2H3/t8-,10+,12+,16?/m1/s1. The highest BCUT2D eigenvalue weighted by atomic mass is 16.5. The Morgan fingerprint density at radius 2 is 2.15 bits per heavy atom. The van der Waals surface area contributed by atoms with Crippen LogP contribution in [0.1, 0.15) is 40.5 Å². The number of Topliss-reactive ketones (excluding diaryl/α,β-unsaturated/α-hetero) is 2. The molecule has 1 spiro atoms. The van der Waals surface area contributed by atoms with Crippen molar-refractivity contribution in [2.45, 2.75) is 32.0 Å². The van der Waals surface area contributed by atoms with Crippen LogP contribution in [0, 0.1) is 11.3 Å². The van der Waals surface area contributed by atoms with Crippen molar-refractivity contribution in [3.63, 3.8) is 0 Å². The number of hydrogen-bond acceptors (Lipinski definition) is 4. The van der Waals surface area contributed by atoms with Crippen molar-refractivity contribution in [1.29, 1.82) is 0 Å². The lowest BCUT2D eigenvalue weighted by molar-refractivity contribution is -0.0654. The Bertz CT molecular complexity index is 635. The molecule has 4 nitrogen and oxygen atoms in total. The zero-order valence-corrected chi connectivity index (χ0v) is 11.5. The predicted molar refractivity (Wildman–Crippen MR) is 71.1 cm³/mol. The van der Waals surface area contributed by atoms with Crippen LogP contribution in [0.15, 0.2) is 18.2 Å². The van der Waals surface area contributed by atoms with Gasteiger partial charge in [0.1, 0.15) is 5.75 Å². The third-order valence-corrected chi connectivity index (χ3v) is 5.14. The number of fused-ring (bicyclic) bond motifs is 1. The van der Waals surface area contributed by atoms with Gasteiger partial charge in [-0.15, -0.1) is 0 Å². The van der Waals surface area contributed by atoms with Crippen molar-refractivity contribution >= 4 is 11.6 Å². The molecule has 4 heteroatoms. The van der Waals surface area contributed by atoms with Gasteiger partial charge in [-0.25, -0.2) is 0 Å². The molecule has 1 unspecified atom stereocenters. The highest BCUT2D eigenvalue weighted by Crippen LogP contribution is 2.62. The lowest BCUT2D eigenvalue weighted by atomic mass is 9.49. The second kappa shape index (κ2) is 3.70. The summed E-state index contributed by atoms with van der Waals surface area (Å²) >= 11 is 0. The highest BCUT2D eigenvalue weighted by molar-refractivity contribution is 6.20. The Hall–Kier alpha value is -1.68. The highest BCUT2D eigenvalue weighted by Gasteiger charge is 2.69. The van der Waals surface area contributed by atoms with Gasteiger partial charge in [0.15, 0.2) is 11.6 Å². The number of rotatable bonds is 1. The number of benzene rings is 1. The molecule has 0 N–H and O–H groups in total. The largest absolute Gasteiger partial charge is 0.496 e. The molecule has 0 bridgehead atoms. The summed E-state index contributed by atoms with van der Waals surface area (Å²) in [5, 5.41) is 0. The lowest BCUT2D eigenvalue weighted by Gasteiger charge is -2.51. The minimum absolute atomic E-state index is 0.0472. The van der Waals surface area contributed by atoms with Crippen LogP contribution < -0.4 is 4.74 Å². The first-order valence-electron chi connectivity index (χ1n) is 7.01. The van der Waals surface area contributed by atoms with E-state index >= 15 is 0 Å². The SMILES string of the molecule is COc1cccc2c1C(=O)[C@@H]1C[C@@H]3O[C@H](C)CC31C2=O. The molecule has 2 aliphatic carbocycles. The normalized spacial score (nSPS) is 37.8. The molecule has 1 saturated carbocycles. The quantitative estimate of drug-likeness (QED) is 0.787. The fraction of sp³-hybridized carbons (Fsp3) is 0.500. The molecular formula is C16H16O4. The van der Waals surface area contributed by atoms with Gasteiger partial charge in [-0.1, -0.05) is 12.1 Å². The van der Waals surface area contributed by atoms with Crippen LogP contribution in [-0.2, 0) is 4.74 Å². The van der Waals surface area contributed by atoms with Gasteiger partial charge in [0.25, 0.3) is 0 Å². The van der Waals surface area contributed by atoms with E-state index in [0.717, 1.165) is 0 Å². The summed E-state index contributed by atoms with van der Waals surface area (Å²) in [5.74, 6) is 0.391. The summed E-state index contributed by atoms with van der Waals surface area (Å²) in [5.41, 5.74) is 0.372. The van der Waals surface area contributed by atoms with Crippen molar-refractivity contribution in [1.82, 2.24) is 0 Å². The van der Waals surface area contributed by atoms with Crippen LogP contribution in [0.25, 0.3) is 0 Å². The van der Waals surface area contributed by atoms with Gasteiger partial charge in [-0.05, 0) is 25.8 Å². The van der Waals surface area contributed by atoms with Crippen molar-refractivity contribution in [3.8, 4) is 5.75 Å². The zero-order valence-electron chi connectivity index (χ0n) is 11.5. The van der Waals surface area contributed by atoms with E-state index in [1.165, 1.54) is 7.11 Å². The maximum absolute atomic E-state index is 13.0. The second-order valence-corrected chi connectivity index (χ2v) is 6.04. The Balaban J connectivity index is 1.92. The summed E-state index contributed by atoms with van der Waals surface area (Å²) < 4.78 is 11.1. The molecule has 2 fully saturated rings. The fourth-order valence-electron chi connectivity index (χ4n) is 4.26. The topological polar surface area (TPSA) is 52.6 Å². The number of carbonyl (C=O) groups is 2. The first-order chi connectivity index (χ1) is 9.59. The average molecular weight is 272 g/mol. The molecule has 104 valence electrons. The molecule has 20 heavy (non-hydrogen) atoms. The van der Waals surface area contributed by atoms with Gasteiger partial charge in [0.05, 0.1) is 30.3 Å². The maximum Gasteiger partial charge on any atom is 0.173 e. The minimum Gasteiger partial charge on any atom is -0.496 e.